The first kappa shape index (κ1) is 62.2. The predicted molar refractivity (Wildman–Crippen MR) is 264 cm³/mol. The molecule has 4 aromatic rings. The maximum Gasteiger partial charge on any atom is 0.402 e. The fourth-order valence-electron chi connectivity index (χ4n) is 8.89. The minimum atomic E-state index is -2.19. The number of aliphatic hydroxyl groups excluding tert-OH is 14. The number of aliphatic carboxylic acids is 1. The number of rotatable bonds is 19. The third-order valence-electron chi connectivity index (χ3n) is 13.5. The summed E-state index contributed by atoms with van der Waals surface area (Å²) in [5, 5.41) is 189. The molecule has 3 aromatic carbocycles. The number of carbonyl (C=O) groups excluding carboxylic acids is 2. The van der Waals surface area contributed by atoms with Crippen LogP contribution in [0.3, 0.4) is 0 Å². The van der Waals surface area contributed by atoms with Crippen LogP contribution in [0.2, 0.25) is 0 Å². The number of hydrogen-bond donors (Lipinski definition) is 18. The molecular formula is C51H59O32+. The van der Waals surface area contributed by atoms with Crippen molar-refractivity contribution >= 4 is 35.0 Å². The molecule has 83 heavy (non-hydrogen) atoms. The second-order valence-corrected chi connectivity index (χ2v) is 19.3. The Morgan fingerprint density at radius 2 is 0.964 bits per heavy atom. The van der Waals surface area contributed by atoms with Crippen molar-refractivity contribution < 1.29 is 158 Å². The Kier molecular flexibility index (Phi) is 19.7. The molecule has 454 valence electrons. The molecule has 0 radical (unpaired) electrons. The molecule has 0 saturated carbocycles. The van der Waals surface area contributed by atoms with Crippen molar-refractivity contribution in [2.24, 2.45) is 0 Å². The van der Waals surface area contributed by atoms with Crippen LogP contribution in [0.1, 0.15) is 12.0 Å². The van der Waals surface area contributed by atoms with E-state index >= 15 is 0 Å². The normalized spacial score (nSPS) is 33.8. The number of phenols is 3. The highest BCUT2D eigenvalue weighted by Gasteiger charge is 2.50. The number of benzene rings is 3. The fourth-order valence-corrected chi connectivity index (χ4v) is 8.89. The molecule has 8 unspecified atom stereocenters. The summed E-state index contributed by atoms with van der Waals surface area (Å²) in [6, 6.07) is 10.5. The Labute approximate surface area is 465 Å². The molecule has 4 aliphatic heterocycles. The van der Waals surface area contributed by atoms with Crippen molar-refractivity contribution in [2.75, 3.05) is 26.4 Å². The highest BCUT2D eigenvalue weighted by Crippen LogP contribution is 2.47. The van der Waals surface area contributed by atoms with Gasteiger partial charge in [-0.2, -0.15) is 0 Å². The molecule has 20 atom stereocenters. The predicted octanol–water partition coefficient (Wildman–Crippen LogP) is -5.50. The average molecular weight is 1180 g/mol. The zero-order valence-corrected chi connectivity index (χ0v) is 42.7. The Hall–Kier alpha value is -6.90. The lowest BCUT2D eigenvalue weighted by Crippen LogP contribution is -2.60. The van der Waals surface area contributed by atoms with E-state index < -0.39 is 214 Å². The maximum absolute atomic E-state index is 12.9. The highest BCUT2D eigenvalue weighted by molar-refractivity contribution is 5.90. The summed E-state index contributed by atoms with van der Waals surface area (Å²) >= 11 is 0. The number of phenolic OH excluding ortho intramolecular Hbond substituents is 3. The van der Waals surface area contributed by atoms with Crippen molar-refractivity contribution in [1.82, 2.24) is 0 Å². The van der Waals surface area contributed by atoms with Gasteiger partial charge in [-0.15, -0.1) is 0 Å². The van der Waals surface area contributed by atoms with Gasteiger partial charge in [-0.25, -0.2) is 9.21 Å². The number of fused-ring (bicyclic) bond motifs is 1. The van der Waals surface area contributed by atoms with Gasteiger partial charge in [0.05, 0.1) is 24.8 Å². The molecular weight excluding hydrogens is 1120 g/mol. The smallest absolute Gasteiger partial charge is 0.402 e. The molecule has 0 bridgehead atoms. The van der Waals surface area contributed by atoms with E-state index in [9.17, 15) is 101 Å². The summed E-state index contributed by atoms with van der Waals surface area (Å²) in [6.07, 6.45) is -36.4. The summed E-state index contributed by atoms with van der Waals surface area (Å²) in [6.45, 7) is -3.34. The van der Waals surface area contributed by atoms with Gasteiger partial charge in [0.15, 0.2) is 11.5 Å². The van der Waals surface area contributed by atoms with E-state index in [0.29, 0.717) is 5.56 Å². The van der Waals surface area contributed by atoms with E-state index in [4.69, 9.17) is 56.9 Å². The zero-order valence-electron chi connectivity index (χ0n) is 42.7. The largest absolute Gasteiger partial charge is 0.507 e. The van der Waals surface area contributed by atoms with Crippen LogP contribution in [0.15, 0.2) is 65.1 Å². The van der Waals surface area contributed by atoms with Crippen LogP contribution in [-0.2, 0) is 42.8 Å². The second-order valence-electron chi connectivity index (χ2n) is 19.3. The molecule has 4 saturated heterocycles. The minimum absolute atomic E-state index is 0.113. The number of carbonyl (C=O) groups is 3. The number of aliphatic hydroxyl groups is 14. The number of carboxylic acid groups (broad SMARTS) is 1. The van der Waals surface area contributed by atoms with Gasteiger partial charge in [0, 0.05) is 30.3 Å². The molecule has 0 aliphatic carbocycles. The van der Waals surface area contributed by atoms with E-state index in [1.165, 1.54) is 30.3 Å². The SMILES string of the molecule is O=C(O)CC(=O)OCC1O[C@@H](Oc2cc3c(O)cc(O)cc3[o+]c2-c2cc(O[C@@H]3OC(CO)[C@@H](O)[C@H](O)C3O)c(O)c(O[C@@H]3OC(COC(=O)/C=C/c4ccc(O[C@@H]5OC(CO)[C@@H](O)[C@H](O)C5O)cc4)[C@@H](O)[C@H](O)C3O)c2)C(O)[C@@H](O)[C@@H]1O. The first-order valence-electron chi connectivity index (χ1n) is 25.1. The molecule has 1 aromatic heterocycles. The zero-order chi connectivity index (χ0) is 60.3. The molecule has 4 fully saturated rings. The topological polar surface area (TPSA) is 519 Å². The van der Waals surface area contributed by atoms with E-state index in [1.54, 1.807) is 0 Å². The number of aromatic hydroxyl groups is 3. The van der Waals surface area contributed by atoms with Gasteiger partial charge in [-0.05, 0) is 23.8 Å². The first-order valence-corrected chi connectivity index (χ1v) is 25.1. The maximum atomic E-state index is 12.9. The molecule has 8 rings (SSSR count). The van der Waals surface area contributed by atoms with Crippen molar-refractivity contribution in [1.29, 1.82) is 0 Å². The van der Waals surface area contributed by atoms with Crippen LogP contribution in [0.5, 0.6) is 40.2 Å². The Balaban J connectivity index is 1.07. The molecule has 32 nitrogen and oxygen atoms in total. The number of hydrogen-bond acceptors (Lipinski definition) is 30. The van der Waals surface area contributed by atoms with Gasteiger partial charge in [0.2, 0.25) is 36.7 Å². The molecule has 0 spiro atoms. The Morgan fingerprint density at radius 1 is 0.518 bits per heavy atom. The summed E-state index contributed by atoms with van der Waals surface area (Å²) < 4.78 is 61.7. The fraction of sp³-hybridized carbons (Fsp3) is 0.490. The highest BCUT2D eigenvalue weighted by atomic mass is 16.7. The average Bonchev–Trinajstić information content (AvgIpc) is 3.64. The van der Waals surface area contributed by atoms with E-state index in [0.717, 1.165) is 36.4 Å². The summed E-state index contributed by atoms with van der Waals surface area (Å²) in [5.41, 5.74) is -0.329. The van der Waals surface area contributed by atoms with Gasteiger partial charge in [-0.1, -0.05) is 12.1 Å². The summed E-state index contributed by atoms with van der Waals surface area (Å²) in [7, 11) is 0. The van der Waals surface area contributed by atoms with Crippen molar-refractivity contribution in [3.8, 4) is 51.6 Å². The van der Waals surface area contributed by atoms with Crippen molar-refractivity contribution in [2.45, 2.75) is 129 Å². The number of carboxylic acids is 1. The molecule has 0 amide bonds. The molecule has 32 heteroatoms. The number of esters is 2. The summed E-state index contributed by atoms with van der Waals surface area (Å²) in [5.74, 6) is -8.77. The molecule has 5 heterocycles. The van der Waals surface area contributed by atoms with Gasteiger partial charge in [0.1, 0.15) is 140 Å². The molecule has 4 aliphatic rings. The van der Waals surface area contributed by atoms with Crippen LogP contribution >= 0.6 is 0 Å². The number of ether oxygens (including phenoxy) is 10. The van der Waals surface area contributed by atoms with Gasteiger partial charge >= 0.3 is 29.3 Å². The van der Waals surface area contributed by atoms with Crippen molar-refractivity contribution in [3.63, 3.8) is 0 Å². The van der Waals surface area contributed by atoms with Crippen LogP contribution in [-0.4, -0.2) is 259 Å². The lowest BCUT2D eigenvalue weighted by Gasteiger charge is -2.40. The van der Waals surface area contributed by atoms with Gasteiger partial charge < -0.3 is 139 Å². The van der Waals surface area contributed by atoms with Crippen LogP contribution in [0.25, 0.3) is 28.4 Å². The standard InChI is InChI=1S/C51H58O32/c52-13-27-35(61)39(65)43(69)48(80-27)75-20-4-1-17(2-5-20)3-6-32(58)73-15-29-37(63)41(67)45(71)50(82-29)78-25-8-18(7-24(34(25)60)77-49-44(70)40(66)36(62)28(14-53)81-49)47-26(11-21-22(55)9-19(54)10-23(21)76-47)79-51-46(72)42(68)38(64)30(83-51)16-74-33(59)12-31(56)57/h1-11,27-30,35-46,48-53,61-72H,12-16H2,(H3-,54,55,56,57,60)/p+1/b6-3+/t27?,28?,29?,30?,35-,36-,37-,38-,39+,40+,41+,42+,43?,44?,45?,46?,48-,49-,50-,51-/m1/s1. The van der Waals surface area contributed by atoms with E-state index in [-0.39, 0.29) is 22.3 Å². The summed E-state index contributed by atoms with van der Waals surface area (Å²) in [4.78, 5) is 36.0. The van der Waals surface area contributed by atoms with Crippen LogP contribution in [0.4, 0.5) is 0 Å². The van der Waals surface area contributed by atoms with E-state index in [1.807, 2.05) is 0 Å². The quantitative estimate of drug-likeness (QED) is 0.0180. The van der Waals surface area contributed by atoms with Crippen LogP contribution < -0.4 is 18.9 Å². The lowest BCUT2D eigenvalue weighted by atomic mass is 9.99. The first-order chi connectivity index (χ1) is 39.4. The van der Waals surface area contributed by atoms with Gasteiger partial charge in [0.25, 0.3) is 0 Å². The second kappa shape index (κ2) is 26.3. The van der Waals surface area contributed by atoms with Crippen molar-refractivity contribution in [3.05, 3.63) is 66.2 Å². The third-order valence-corrected chi connectivity index (χ3v) is 13.5. The van der Waals surface area contributed by atoms with Crippen LogP contribution in [0, 0.1) is 0 Å². The Bertz CT molecular complexity index is 2940. The molecule has 18 N–H and O–H groups in total. The van der Waals surface area contributed by atoms with Gasteiger partial charge in [-0.3, -0.25) is 9.59 Å². The lowest BCUT2D eigenvalue weighted by molar-refractivity contribution is -0.279. The Morgan fingerprint density at radius 3 is 1.45 bits per heavy atom. The third kappa shape index (κ3) is 13.9. The monoisotopic (exact) mass is 1180 g/mol. The minimum Gasteiger partial charge on any atom is -0.507 e. The van der Waals surface area contributed by atoms with E-state index in [2.05, 4.69) is 0 Å².